The van der Waals surface area contributed by atoms with Crippen LogP contribution in [-0.2, 0) is 20.7 Å². The van der Waals surface area contributed by atoms with Gasteiger partial charge in [0.05, 0.1) is 18.2 Å². The van der Waals surface area contributed by atoms with Crippen LogP contribution < -0.4 is 10.1 Å². The zero-order valence-electron chi connectivity index (χ0n) is 16.9. The van der Waals surface area contributed by atoms with Gasteiger partial charge in [0.1, 0.15) is 17.3 Å². The second-order valence-electron chi connectivity index (χ2n) is 8.33. The number of fused-ring (bicyclic) bond motifs is 3. The number of hydrogen-bond acceptors (Lipinski definition) is 8. The van der Waals surface area contributed by atoms with Crippen LogP contribution in [0.3, 0.4) is 0 Å². The maximum Gasteiger partial charge on any atom is 0.405 e. The van der Waals surface area contributed by atoms with E-state index in [-0.39, 0.29) is 18.6 Å². The molecule has 1 atom stereocenters. The van der Waals surface area contributed by atoms with Crippen LogP contribution >= 0.6 is 11.3 Å². The highest BCUT2D eigenvalue weighted by Crippen LogP contribution is 2.46. The first-order valence-electron chi connectivity index (χ1n) is 9.92. The van der Waals surface area contributed by atoms with Crippen molar-refractivity contribution >= 4 is 37.8 Å². The maximum absolute atomic E-state index is 11.4. The topological polar surface area (TPSA) is 128 Å². The number of thiophene rings is 1. The Hall–Kier alpha value is -1.98. The lowest BCUT2D eigenvalue weighted by Gasteiger charge is -2.37. The van der Waals surface area contributed by atoms with Crippen LogP contribution in [0, 0.1) is 0 Å². The van der Waals surface area contributed by atoms with Crippen molar-refractivity contribution < 1.29 is 27.2 Å². The molecule has 2 aliphatic rings. The molecule has 2 aromatic rings. The van der Waals surface area contributed by atoms with Crippen molar-refractivity contribution in [3.05, 3.63) is 16.8 Å². The molecule has 0 radical (unpaired) electrons. The minimum Gasteiger partial charge on any atom is -0.474 e. The number of carbonyl (C=O) groups is 1. The molecule has 4 rings (SSSR count). The monoisotopic (exact) mass is 455 g/mol. The van der Waals surface area contributed by atoms with Crippen LogP contribution in [0.2, 0.25) is 0 Å². The summed E-state index contributed by atoms with van der Waals surface area (Å²) in [7, 11) is -3.51. The van der Waals surface area contributed by atoms with Crippen molar-refractivity contribution in [1.29, 1.82) is 0 Å². The molecule has 2 aromatic heterocycles. The molecule has 9 nitrogen and oxygen atoms in total. The van der Waals surface area contributed by atoms with E-state index in [4.69, 9.17) is 14.0 Å². The van der Waals surface area contributed by atoms with Gasteiger partial charge in [-0.15, -0.1) is 11.3 Å². The van der Waals surface area contributed by atoms with E-state index in [0.29, 0.717) is 18.7 Å². The number of hydrogen-bond donors (Lipinski definition) is 2. The third-order valence-corrected chi connectivity index (χ3v) is 7.64. The summed E-state index contributed by atoms with van der Waals surface area (Å²) in [5.41, 5.74) is 0.604. The minimum atomic E-state index is -3.51. The first kappa shape index (κ1) is 21.3. The van der Waals surface area contributed by atoms with Crippen LogP contribution in [0.5, 0.6) is 5.88 Å². The average molecular weight is 456 g/mol. The van der Waals surface area contributed by atoms with Gasteiger partial charge < -0.3 is 15.2 Å². The molecule has 30 heavy (non-hydrogen) atoms. The molecule has 0 aromatic carbocycles. The van der Waals surface area contributed by atoms with Gasteiger partial charge in [0.15, 0.2) is 0 Å². The normalized spacial score (nSPS) is 26.5. The third kappa shape index (κ3) is 4.52. The lowest BCUT2D eigenvalue weighted by atomic mass is 9.82. The van der Waals surface area contributed by atoms with Crippen molar-refractivity contribution in [1.82, 2.24) is 15.3 Å². The number of rotatable bonds is 6. The zero-order chi connectivity index (χ0) is 21.5. The van der Waals surface area contributed by atoms with Crippen molar-refractivity contribution in [2.45, 2.75) is 63.0 Å². The SMILES string of the molecule is CC1(NC(=O)O)CCC(Oc2ncnc3sc4c(c23)[C@@H](COS(C)(=O)=O)CC4)CC1. The van der Waals surface area contributed by atoms with E-state index in [2.05, 4.69) is 15.3 Å². The summed E-state index contributed by atoms with van der Waals surface area (Å²) in [5.74, 6) is 0.481. The molecule has 0 aliphatic heterocycles. The van der Waals surface area contributed by atoms with Crippen molar-refractivity contribution in [3.8, 4) is 5.88 Å². The highest BCUT2D eigenvalue weighted by molar-refractivity contribution is 7.85. The van der Waals surface area contributed by atoms with E-state index in [9.17, 15) is 13.2 Å². The third-order valence-electron chi connectivity index (χ3n) is 5.90. The maximum atomic E-state index is 11.4. The van der Waals surface area contributed by atoms with Gasteiger partial charge in [-0.3, -0.25) is 4.18 Å². The van der Waals surface area contributed by atoms with Gasteiger partial charge in [0.25, 0.3) is 10.1 Å². The first-order chi connectivity index (χ1) is 14.1. The van der Waals surface area contributed by atoms with E-state index < -0.39 is 21.8 Å². The van der Waals surface area contributed by atoms with Crippen LogP contribution in [0.25, 0.3) is 10.2 Å². The number of amides is 1. The highest BCUT2D eigenvalue weighted by Gasteiger charge is 2.35. The molecule has 11 heteroatoms. The summed E-state index contributed by atoms with van der Waals surface area (Å²) in [4.78, 5) is 21.8. The van der Waals surface area contributed by atoms with E-state index in [1.165, 1.54) is 11.2 Å². The van der Waals surface area contributed by atoms with Gasteiger partial charge in [-0.05, 0) is 51.0 Å². The van der Waals surface area contributed by atoms with Gasteiger partial charge in [-0.1, -0.05) is 0 Å². The number of carboxylic acid groups (broad SMARTS) is 1. The standard InChI is InChI=1S/C19H25N3O6S2/c1-19(22-18(23)24)7-5-12(6-8-19)28-16-15-14-11(9-27-30(2,25)26)3-4-13(14)29-17(15)21-10-20-16/h10-12,22H,3-9H2,1-2H3,(H,23,24)/t11-,12?,19?/m1/s1. The summed E-state index contributed by atoms with van der Waals surface area (Å²) >= 11 is 1.59. The number of nitrogens with one attached hydrogen (secondary N) is 1. The second-order valence-corrected chi connectivity index (χ2v) is 11.1. The van der Waals surface area contributed by atoms with E-state index in [0.717, 1.165) is 47.7 Å². The van der Waals surface area contributed by atoms with Crippen molar-refractivity contribution in [3.63, 3.8) is 0 Å². The molecule has 1 fully saturated rings. The number of ether oxygens (including phenoxy) is 1. The molecule has 0 saturated heterocycles. The van der Waals surface area contributed by atoms with Gasteiger partial charge in [-0.2, -0.15) is 8.42 Å². The molecule has 2 heterocycles. The van der Waals surface area contributed by atoms with Crippen molar-refractivity contribution in [2.75, 3.05) is 12.9 Å². The largest absolute Gasteiger partial charge is 0.474 e. The Bertz CT molecular complexity index is 1060. The summed E-state index contributed by atoms with van der Waals surface area (Å²) in [6.45, 7) is 2.02. The molecular weight excluding hydrogens is 430 g/mol. The Morgan fingerprint density at radius 1 is 1.33 bits per heavy atom. The molecule has 0 bridgehead atoms. The molecule has 0 spiro atoms. The van der Waals surface area contributed by atoms with E-state index >= 15 is 0 Å². The molecule has 0 unspecified atom stereocenters. The van der Waals surface area contributed by atoms with Gasteiger partial charge in [0, 0.05) is 16.3 Å². The summed E-state index contributed by atoms with van der Waals surface area (Å²) in [6.07, 6.45) is 5.96. The quantitative estimate of drug-likeness (QED) is 0.636. The average Bonchev–Trinajstić information content (AvgIpc) is 3.20. The summed E-state index contributed by atoms with van der Waals surface area (Å²) in [6, 6.07) is 0. The number of aromatic nitrogens is 2. The summed E-state index contributed by atoms with van der Waals surface area (Å²) in [5, 5.41) is 12.5. The Kier molecular flexibility index (Phi) is 5.62. The second kappa shape index (κ2) is 7.93. The Labute approximate surface area is 178 Å². The van der Waals surface area contributed by atoms with Gasteiger partial charge >= 0.3 is 6.09 Å². The smallest absolute Gasteiger partial charge is 0.405 e. The Morgan fingerprint density at radius 3 is 2.73 bits per heavy atom. The lowest BCUT2D eigenvalue weighted by Crippen LogP contribution is -2.49. The molecule has 164 valence electrons. The molecule has 2 aliphatic carbocycles. The lowest BCUT2D eigenvalue weighted by molar-refractivity contribution is 0.102. The number of nitrogens with zero attached hydrogens (tertiary/aromatic N) is 2. The fourth-order valence-electron chi connectivity index (χ4n) is 4.39. The Balaban J connectivity index is 1.54. The predicted octanol–water partition coefficient (Wildman–Crippen LogP) is 3.05. The van der Waals surface area contributed by atoms with Gasteiger partial charge in [0.2, 0.25) is 5.88 Å². The van der Waals surface area contributed by atoms with Crippen LogP contribution in [-0.4, -0.2) is 54.1 Å². The van der Waals surface area contributed by atoms with Crippen molar-refractivity contribution in [2.24, 2.45) is 0 Å². The Morgan fingerprint density at radius 2 is 2.07 bits per heavy atom. The number of aryl methyl sites for hydroxylation is 1. The fraction of sp³-hybridized carbons (Fsp3) is 0.632. The summed E-state index contributed by atoms with van der Waals surface area (Å²) < 4.78 is 34.2. The zero-order valence-corrected chi connectivity index (χ0v) is 18.5. The predicted molar refractivity (Wildman–Crippen MR) is 112 cm³/mol. The fourth-order valence-corrected chi connectivity index (χ4v) is 6.03. The minimum absolute atomic E-state index is 0.0359. The molecule has 1 amide bonds. The van der Waals surface area contributed by atoms with E-state index in [1.807, 2.05) is 6.92 Å². The first-order valence-corrected chi connectivity index (χ1v) is 12.6. The van der Waals surface area contributed by atoms with Crippen LogP contribution in [0.1, 0.15) is 55.4 Å². The highest BCUT2D eigenvalue weighted by atomic mass is 32.2. The molecular formula is C19H25N3O6S2. The van der Waals surface area contributed by atoms with Crippen LogP contribution in [0.15, 0.2) is 6.33 Å². The molecule has 1 saturated carbocycles. The van der Waals surface area contributed by atoms with Gasteiger partial charge in [-0.25, -0.2) is 14.8 Å². The van der Waals surface area contributed by atoms with E-state index in [1.54, 1.807) is 11.3 Å². The van der Waals surface area contributed by atoms with Crippen LogP contribution in [0.4, 0.5) is 4.79 Å². The molecule has 2 N–H and O–H groups in total.